The molecule has 1 aliphatic rings. The zero-order valence-electron chi connectivity index (χ0n) is 8.17. The summed E-state index contributed by atoms with van der Waals surface area (Å²) in [4.78, 5) is 10.9. The van der Waals surface area contributed by atoms with E-state index in [1.807, 2.05) is 12.1 Å². The van der Waals surface area contributed by atoms with E-state index in [0.717, 1.165) is 25.3 Å². The molecule has 0 saturated carbocycles. The first kappa shape index (κ1) is 9.21. The molecule has 0 radical (unpaired) electrons. The van der Waals surface area contributed by atoms with Crippen LogP contribution in [0.15, 0.2) is 18.2 Å². The summed E-state index contributed by atoms with van der Waals surface area (Å²) in [5.41, 5.74) is 2.40. The normalized spacial score (nSPS) is 14.6. The molecule has 1 aliphatic heterocycles. The van der Waals surface area contributed by atoms with Crippen molar-refractivity contribution in [2.24, 2.45) is 0 Å². The van der Waals surface area contributed by atoms with Gasteiger partial charge in [-0.1, -0.05) is 12.1 Å². The Morgan fingerprint density at radius 3 is 3.14 bits per heavy atom. The van der Waals surface area contributed by atoms with Gasteiger partial charge in [0, 0.05) is 19.0 Å². The molecule has 3 nitrogen and oxygen atoms in total. The van der Waals surface area contributed by atoms with Gasteiger partial charge < -0.3 is 10.1 Å². The highest BCUT2D eigenvalue weighted by molar-refractivity contribution is 5.70. The lowest BCUT2D eigenvalue weighted by molar-refractivity contribution is -0.131. The lowest BCUT2D eigenvalue weighted by atomic mass is 10.0. The van der Waals surface area contributed by atoms with Crippen molar-refractivity contribution < 1.29 is 9.53 Å². The molecular formula is C11H13NO2. The molecular weight excluding hydrogens is 178 g/mol. The van der Waals surface area contributed by atoms with E-state index in [4.69, 9.17) is 4.74 Å². The van der Waals surface area contributed by atoms with Gasteiger partial charge in [-0.25, -0.2) is 0 Å². The number of carbonyl (C=O) groups excluding carboxylic acids is 1. The van der Waals surface area contributed by atoms with E-state index in [-0.39, 0.29) is 5.97 Å². The molecule has 0 saturated heterocycles. The van der Waals surface area contributed by atoms with Gasteiger partial charge in [-0.2, -0.15) is 0 Å². The third-order valence-corrected chi connectivity index (χ3v) is 2.35. The summed E-state index contributed by atoms with van der Waals surface area (Å²) >= 11 is 0. The zero-order valence-corrected chi connectivity index (χ0v) is 8.17. The molecule has 1 N–H and O–H groups in total. The molecule has 0 aromatic heterocycles. The number of hydrogen-bond donors (Lipinski definition) is 1. The predicted octanol–water partition coefficient (Wildman–Crippen LogP) is 1.26. The van der Waals surface area contributed by atoms with Crippen LogP contribution in [0.3, 0.4) is 0 Å². The van der Waals surface area contributed by atoms with Crippen LogP contribution in [0.5, 0.6) is 5.75 Å². The fourth-order valence-electron chi connectivity index (χ4n) is 1.75. The van der Waals surface area contributed by atoms with Crippen molar-refractivity contribution in [3.8, 4) is 5.75 Å². The van der Waals surface area contributed by atoms with Gasteiger partial charge in [0.15, 0.2) is 0 Å². The number of ether oxygens (including phenoxy) is 1. The number of benzene rings is 1. The number of carbonyl (C=O) groups is 1. The molecule has 0 bridgehead atoms. The van der Waals surface area contributed by atoms with E-state index in [9.17, 15) is 4.79 Å². The average molecular weight is 191 g/mol. The number of nitrogens with one attached hydrogen (secondary N) is 1. The highest BCUT2D eigenvalue weighted by Crippen LogP contribution is 2.25. The summed E-state index contributed by atoms with van der Waals surface area (Å²) < 4.78 is 5.15. The molecule has 14 heavy (non-hydrogen) atoms. The smallest absolute Gasteiger partial charge is 0.308 e. The van der Waals surface area contributed by atoms with E-state index in [1.54, 1.807) is 0 Å². The van der Waals surface area contributed by atoms with Crippen LogP contribution in [-0.4, -0.2) is 12.5 Å². The quantitative estimate of drug-likeness (QED) is 0.536. The lowest BCUT2D eigenvalue weighted by Gasteiger charge is -2.19. The number of rotatable bonds is 1. The van der Waals surface area contributed by atoms with Crippen molar-refractivity contribution in [2.75, 3.05) is 6.54 Å². The minimum absolute atomic E-state index is 0.253. The first-order valence-electron chi connectivity index (χ1n) is 4.77. The second-order valence-corrected chi connectivity index (χ2v) is 3.41. The molecule has 0 aliphatic carbocycles. The van der Waals surface area contributed by atoms with Crippen molar-refractivity contribution in [3.63, 3.8) is 0 Å². The van der Waals surface area contributed by atoms with Gasteiger partial charge in [0.05, 0.1) is 0 Å². The van der Waals surface area contributed by atoms with E-state index in [0.29, 0.717) is 0 Å². The molecule has 0 atom stereocenters. The summed E-state index contributed by atoms with van der Waals surface area (Å²) in [6.45, 7) is 3.25. The van der Waals surface area contributed by atoms with Crippen LogP contribution < -0.4 is 10.1 Å². The number of hydrogen-bond acceptors (Lipinski definition) is 3. The lowest BCUT2D eigenvalue weighted by Crippen LogP contribution is -2.24. The molecule has 0 fully saturated rings. The highest BCUT2D eigenvalue weighted by Gasteiger charge is 2.13. The fraction of sp³-hybridized carbons (Fsp3) is 0.364. The van der Waals surface area contributed by atoms with E-state index in [2.05, 4.69) is 11.4 Å². The van der Waals surface area contributed by atoms with Crippen LogP contribution in [0, 0.1) is 0 Å². The van der Waals surface area contributed by atoms with Gasteiger partial charge in [-0.15, -0.1) is 0 Å². The number of esters is 1. The largest absolute Gasteiger partial charge is 0.426 e. The van der Waals surface area contributed by atoms with E-state index >= 15 is 0 Å². The predicted molar refractivity (Wildman–Crippen MR) is 53.2 cm³/mol. The third-order valence-electron chi connectivity index (χ3n) is 2.35. The molecule has 1 aromatic carbocycles. The monoisotopic (exact) mass is 191 g/mol. The van der Waals surface area contributed by atoms with Gasteiger partial charge >= 0.3 is 5.97 Å². The Hall–Kier alpha value is -1.35. The van der Waals surface area contributed by atoms with Gasteiger partial charge in [-0.05, 0) is 24.6 Å². The Morgan fingerprint density at radius 2 is 2.36 bits per heavy atom. The Balaban J connectivity index is 2.35. The zero-order chi connectivity index (χ0) is 9.97. The first-order chi connectivity index (χ1) is 6.77. The molecule has 74 valence electrons. The maximum absolute atomic E-state index is 10.9. The van der Waals surface area contributed by atoms with E-state index in [1.165, 1.54) is 18.1 Å². The summed E-state index contributed by atoms with van der Waals surface area (Å²) in [5.74, 6) is 0.466. The van der Waals surface area contributed by atoms with Crippen LogP contribution in [0.1, 0.15) is 18.1 Å². The van der Waals surface area contributed by atoms with Crippen molar-refractivity contribution in [1.29, 1.82) is 0 Å². The minimum atomic E-state index is -0.253. The van der Waals surface area contributed by atoms with Crippen molar-refractivity contribution >= 4 is 5.97 Å². The molecule has 0 spiro atoms. The third kappa shape index (κ3) is 1.77. The Kier molecular flexibility index (Phi) is 2.50. The van der Waals surface area contributed by atoms with Crippen molar-refractivity contribution in [1.82, 2.24) is 5.32 Å². The van der Waals surface area contributed by atoms with Gasteiger partial charge in [-0.3, -0.25) is 4.79 Å². The maximum atomic E-state index is 10.9. The van der Waals surface area contributed by atoms with Gasteiger partial charge in [0.1, 0.15) is 5.75 Å². The summed E-state index contributed by atoms with van der Waals surface area (Å²) in [7, 11) is 0. The topological polar surface area (TPSA) is 38.3 Å². The average Bonchev–Trinajstić information content (AvgIpc) is 2.18. The Morgan fingerprint density at radius 1 is 1.50 bits per heavy atom. The van der Waals surface area contributed by atoms with E-state index < -0.39 is 0 Å². The highest BCUT2D eigenvalue weighted by atomic mass is 16.5. The van der Waals surface area contributed by atoms with Crippen LogP contribution in [0.4, 0.5) is 0 Å². The van der Waals surface area contributed by atoms with Gasteiger partial charge in [0.2, 0.25) is 0 Å². The summed E-state index contributed by atoms with van der Waals surface area (Å²) in [5, 5.41) is 3.28. The standard InChI is InChI=1S/C11H13NO2/c1-8(13)14-11-4-2-3-9-7-12-6-5-10(9)11/h2-4,12H,5-7H2,1H3. The molecule has 0 amide bonds. The molecule has 3 heteroatoms. The molecule has 0 unspecified atom stereocenters. The van der Waals surface area contributed by atoms with Crippen LogP contribution in [0.25, 0.3) is 0 Å². The first-order valence-corrected chi connectivity index (χ1v) is 4.77. The maximum Gasteiger partial charge on any atom is 0.308 e. The van der Waals surface area contributed by atoms with Crippen LogP contribution in [-0.2, 0) is 17.8 Å². The SMILES string of the molecule is CC(=O)Oc1cccc2c1CCNC2. The second-order valence-electron chi connectivity index (χ2n) is 3.41. The van der Waals surface area contributed by atoms with Crippen molar-refractivity contribution in [3.05, 3.63) is 29.3 Å². The van der Waals surface area contributed by atoms with Crippen LogP contribution >= 0.6 is 0 Å². The fourth-order valence-corrected chi connectivity index (χ4v) is 1.75. The molecule has 1 aromatic rings. The molecule has 1 heterocycles. The van der Waals surface area contributed by atoms with Crippen LogP contribution in [0.2, 0.25) is 0 Å². The molecule has 2 rings (SSSR count). The van der Waals surface area contributed by atoms with Gasteiger partial charge in [0.25, 0.3) is 0 Å². The number of fused-ring (bicyclic) bond motifs is 1. The van der Waals surface area contributed by atoms with Crippen molar-refractivity contribution in [2.45, 2.75) is 19.9 Å². The second kappa shape index (κ2) is 3.80. The Labute approximate surface area is 83.1 Å². The minimum Gasteiger partial charge on any atom is -0.426 e. The summed E-state index contributed by atoms with van der Waals surface area (Å²) in [6, 6.07) is 5.84. The summed E-state index contributed by atoms with van der Waals surface area (Å²) in [6.07, 6.45) is 0.929. The Bertz CT molecular complexity index is 360.